The first kappa shape index (κ1) is 22.1. The summed E-state index contributed by atoms with van der Waals surface area (Å²) in [5.41, 5.74) is -8.23. The molecule has 1 aromatic rings. The van der Waals surface area contributed by atoms with E-state index in [2.05, 4.69) is 0 Å². The number of hydrogen-bond donors (Lipinski definition) is 1. The molecule has 158 valence electrons. The number of halogens is 13. The normalized spacial score (nSPS) is 25.8. The summed E-state index contributed by atoms with van der Waals surface area (Å²) in [6.07, 6.45) is 0. The summed E-state index contributed by atoms with van der Waals surface area (Å²) < 4.78 is 174. The second-order valence-corrected chi connectivity index (χ2v) is 5.61. The highest BCUT2D eigenvalue weighted by atomic mass is 19.4. The van der Waals surface area contributed by atoms with Gasteiger partial charge in [-0.1, -0.05) is 0 Å². The van der Waals surface area contributed by atoms with Crippen molar-refractivity contribution in [2.45, 2.75) is 35.3 Å². The minimum Gasteiger partial charge on any atom is -0.323 e. The van der Waals surface area contributed by atoms with Gasteiger partial charge < -0.3 is 5.32 Å². The molecule has 1 saturated carbocycles. The molecule has 1 amide bonds. The summed E-state index contributed by atoms with van der Waals surface area (Å²) in [6, 6.07) is 0.217. The van der Waals surface area contributed by atoms with Crippen LogP contribution in [0.25, 0.3) is 0 Å². The molecule has 1 aliphatic carbocycles. The second-order valence-electron chi connectivity index (χ2n) is 5.61. The molecule has 0 bridgehead atoms. The van der Waals surface area contributed by atoms with Crippen LogP contribution >= 0.6 is 0 Å². The van der Waals surface area contributed by atoms with Crippen LogP contribution < -0.4 is 5.32 Å². The molecule has 0 saturated heterocycles. The summed E-state index contributed by atoms with van der Waals surface area (Å²) in [5.74, 6) is -44.3. The lowest BCUT2D eigenvalue weighted by Gasteiger charge is -2.51. The maximum absolute atomic E-state index is 14.3. The molecule has 1 aliphatic rings. The molecule has 0 aliphatic heterocycles. The van der Waals surface area contributed by atoms with Gasteiger partial charge in [-0.05, 0) is 12.1 Å². The molecular weight excluding hydrogens is 433 g/mol. The number of alkyl halides is 11. The molecule has 2 nitrogen and oxygen atoms in total. The van der Waals surface area contributed by atoms with E-state index in [1.54, 1.807) is 0 Å². The average molecular weight is 437 g/mol. The van der Waals surface area contributed by atoms with Gasteiger partial charge in [0.05, 0.1) is 0 Å². The second kappa shape index (κ2) is 5.65. The van der Waals surface area contributed by atoms with Gasteiger partial charge in [-0.15, -0.1) is 0 Å². The Kier molecular flexibility index (Phi) is 4.46. The third kappa shape index (κ3) is 2.21. The Bertz CT molecular complexity index is 789. The highest BCUT2D eigenvalue weighted by molar-refractivity contribution is 5.99. The van der Waals surface area contributed by atoms with Crippen LogP contribution in [0.15, 0.2) is 18.2 Å². The number of amides is 1. The molecule has 28 heavy (non-hydrogen) atoms. The first-order chi connectivity index (χ1) is 12.3. The van der Waals surface area contributed by atoms with Crippen molar-refractivity contribution in [2.75, 3.05) is 5.32 Å². The minimum absolute atomic E-state index is 0.129. The highest BCUT2D eigenvalue weighted by Crippen LogP contribution is 2.69. The highest BCUT2D eigenvalue weighted by Gasteiger charge is 3.02. The molecule has 1 aromatic carbocycles. The van der Waals surface area contributed by atoms with Crippen LogP contribution in [-0.2, 0) is 4.79 Å². The van der Waals surface area contributed by atoms with E-state index >= 15 is 0 Å². The van der Waals surface area contributed by atoms with E-state index in [4.69, 9.17) is 0 Å². The van der Waals surface area contributed by atoms with Crippen molar-refractivity contribution in [3.63, 3.8) is 0 Å². The number of nitrogens with one attached hydrogen (secondary N) is 1. The quantitative estimate of drug-likeness (QED) is 0.662. The lowest BCUT2D eigenvalue weighted by Crippen LogP contribution is -2.86. The van der Waals surface area contributed by atoms with Crippen LogP contribution in [0.1, 0.15) is 0 Å². The standard InChI is InChI=1S/C13H4F13NO/c14-5-2-1-4(3-6(5)15)27-7(28)8(16)9(17,18)11(21,22)13(25,26)12(23,24)10(8,19)20/h1-3H,(H,27,28). The van der Waals surface area contributed by atoms with Crippen LogP contribution in [0.2, 0.25) is 0 Å². The molecule has 0 spiro atoms. The van der Waals surface area contributed by atoms with Gasteiger partial charge >= 0.3 is 35.3 Å². The summed E-state index contributed by atoms with van der Waals surface area (Å²) in [4.78, 5) is 11.5. The molecule has 0 aromatic heterocycles. The third-order valence-electron chi connectivity index (χ3n) is 3.93. The zero-order valence-corrected chi connectivity index (χ0v) is 12.6. The number of carbonyl (C=O) groups excluding carboxylic acids is 1. The molecule has 2 rings (SSSR count). The van der Waals surface area contributed by atoms with E-state index in [1.807, 2.05) is 0 Å². The number of benzene rings is 1. The Morgan fingerprint density at radius 1 is 0.643 bits per heavy atom. The van der Waals surface area contributed by atoms with Gasteiger partial charge in [-0.3, -0.25) is 4.79 Å². The van der Waals surface area contributed by atoms with E-state index in [0.29, 0.717) is 5.32 Å². The molecule has 1 N–H and O–H groups in total. The molecule has 0 unspecified atom stereocenters. The van der Waals surface area contributed by atoms with Gasteiger partial charge in [0.15, 0.2) is 11.6 Å². The maximum Gasteiger partial charge on any atom is 0.384 e. The van der Waals surface area contributed by atoms with Crippen molar-refractivity contribution in [1.29, 1.82) is 0 Å². The van der Waals surface area contributed by atoms with E-state index < -0.39 is 58.5 Å². The fourth-order valence-electron chi connectivity index (χ4n) is 2.30. The maximum atomic E-state index is 14.3. The van der Waals surface area contributed by atoms with Crippen LogP contribution in [-0.4, -0.2) is 41.2 Å². The minimum atomic E-state index is -7.47. The van der Waals surface area contributed by atoms with Crippen LogP contribution in [0.5, 0.6) is 0 Å². The van der Waals surface area contributed by atoms with Gasteiger partial charge in [-0.2, -0.15) is 43.9 Å². The summed E-state index contributed by atoms with van der Waals surface area (Å²) >= 11 is 0. The molecule has 15 heteroatoms. The van der Waals surface area contributed by atoms with E-state index in [1.165, 1.54) is 0 Å². The fraction of sp³-hybridized carbons (Fsp3) is 0.462. The monoisotopic (exact) mass is 437 g/mol. The lowest BCUT2D eigenvalue weighted by molar-refractivity contribution is -0.475. The topological polar surface area (TPSA) is 29.1 Å². The van der Waals surface area contributed by atoms with Gasteiger partial charge in [0.2, 0.25) is 0 Å². The molecule has 0 heterocycles. The zero-order chi connectivity index (χ0) is 22.1. The Balaban J connectivity index is 2.67. The molecular formula is C13H4F13NO. The van der Waals surface area contributed by atoms with Crippen LogP contribution in [0.3, 0.4) is 0 Å². The first-order valence-corrected chi connectivity index (χ1v) is 6.65. The summed E-state index contributed by atoms with van der Waals surface area (Å²) in [6.45, 7) is 0. The van der Waals surface area contributed by atoms with Gasteiger partial charge in [0, 0.05) is 11.8 Å². The SMILES string of the molecule is O=C(Nc1ccc(F)c(F)c1)C1(F)C(F)(F)C(F)(F)C(F)(F)C(F)(F)C1(F)F. The van der Waals surface area contributed by atoms with Crippen molar-refractivity contribution < 1.29 is 61.9 Å². The molecule has 0 radical (unpaired) electrons. The van der Waals surface area contributed by atoms with Crippen LogP contribution in [0, 0.1) is 11.6 Å². The van der Waals surface area contributed by atoms with E-state index in [-0.39, 0.29) is 18.2 Å². The Morgan fingerprint density at radius 3 is 1.43 bits per heavy atom. The van der Waals surface area contributed by atoms with Crippen molar-refractivity contribution in [3.8, 4) is 0 Å². The molecule has 1 fully saturated rings. The van der Waals surface area contributed by atoms with Crippen molar-refractivity contribution >= 4 is 11.6 Å². The zero-order valence-electron chi connectivity index (χ0n) is 12.6. The predicted octanol–water partition coefficient (Wildman–Crippen LogP) is 4.80. The van der Waals surface area contributed by atoms with Gasteiger partial charge in [0.25, 0.3) is 5.91 Å². The van der Waals surface area contributed by atoms with Gasteiger partial charge in [-0.25, -0.2) is 13.2 Å². The summed E-state index contributed by atoms with van der Waals surface area (Å²) in [5, 5.41) is 0.642. The van der Waals surface area contributed by atoms with Crippen molar-refractivity contribution in [3.05, 3.63) is 29.8 Å². The smallest absolute Gasteiger partial charge is 0.323 e. The van der Waals surface area contributed by atoms with E-state index in [0.717, 1.165) is 0 Å². The largest absolute Gasteiger partial charge is 0.384 e. The average Bonchev–Trinajstić information content (AvgIpc) is 2.55. The Labute approximate surface area is 145 Å². The number of rotatable bonds is 2. The van der Waals surface area contributed by atoms with Crippen molar-refractivity contribution in [2.24, 2.45) is 0 Å². The number of carbonyl (C=O) groups is 1. The fourth-order valence-corrected chi connectivity index (χ4v) is 2.30. The Morgan fingerprint density at radius 2 is 1.04 bits per heavy atom. The first-order valence-electron chi connectivity index (χ1n) is 6.65. The third-order valence-corrected chi connectivity index (χ3v) is 3.93. The molecule has 0 atom stereocenters. The predicted molar refractivity (Wildman–Crippen MR) is 63.6 cm³/mol. The Hall–Kier alpha value is -2.22. The van der Waals surface area contributed by atoms with Crippen molar-refractivity contribution in [1.82, 2.24) is 0 Å². The number of anilines is 1. The number of hydrogen-bond acceptors (Lipinski definition) is 1. The van der Waals surface area contributed by atoms with Crippen LogP contribution in [0.4, 0.5) is 62.8 Å². The lowest BCUT2D eigenvalue weighted by atomic mass is 9.71. The van der Waals surface area contributed by atoms with E-state index in [9.17, 15) is 61.9 Å². The van der Waals surface area contributed by atoms with Gasteiger partial charge in [0.1, 0.15) is 0 Å². The summed E-state index contributed by atoms with van der Waals surface area (Å²) in [7, 11) is 0.